The fourth-order valence-electron chi connectivity index (χ4n) is 0.203. The molecule has 0 amide bonds. The maximum absolute atomic E-state index is 11.4. The molecule has 0 saturated carbocycles. The minimum absolute atomic E-state index is 1.93. The lowest BCUT2D eigenvalue weighted by Crippen LogP contribution is -2.15. The van der Waals surface area contributed by atoms with E-state index >= 15 is 0 Å². The van der Waals surface area contributed by atoms with Crippen LogP contribution in [0.15, 0.2) is 0 Å². The van der Waals surface area contributed by atoms with Crippen molar-refractivity contribution in [1.29, 1.82) is 0 Å². The summed E-state index contributed by atoms with van der Waals surface area (Å²) in [5, 5.41) is 0. The first kappa shape index (κ1) is 12.3. The SMILES string of the molecule is O=P(OF)(OBr)OCC(F)(F)F. The summed E-state index contributed by atoms with van der Waals surface area (Å²) in [6.07, 6.45) is -4.74. The van der Waals surface area contributed by atoms with Crippen LogP contribution in [0.5, 0.6) is 0 Å². The van der Waals surface area contributed by atoms with Gasteiger partial charge in [0, 0.05) is 0 Å². The Balaban J connectivity index is 3.99. The first-order valence-electron chi connectivity index (χ1n) is 2.25. The van der Waals surface area contributed by atoms with E-state index in [1.54, 1.807) is 0 Å². The van der Waals surface area contributed by atoms with Crippen LogP contribution in [0.4, 0.5) is 17.7 Å². The Labute approximate surface area is 72.7 Å². The second kappa shape index (κ2) is 4.52. The molecule has 1 unspecified atom stereocenters. The lowest BCUT2D eigenvalue weighted by atomic mass is 10.7. The van der Waals surface area contributed by atoms with Crippen LogP contribution in [0, 0.1) is 0 Å². The topological polar surface area (TPSA) is 44.8 Å². The molecule has 0 spiro atoms. The van der Waals surface area contributed by atoms with E-state index in [1.807, 2.05) is 16.3 Å². The molecule has 74 valence electrons. The van der Waals surface area contributed by atoms with E-state index in [1.165, 1.54) is 0 Å². The van der Waals surface area contributed by atoms with Gasteiger partial charge in [0.25, 0.3) is 0 Å². The number of hydrogen-bond donors (Lipinski definition) is 0. The first-order valence-corrected chi connectivity index (χ1v) is 4.36. The molecular formula is C2H2BrF4O4P. The molecule has 0 aromatic carbocycles. The predicted molar refractivity (Wildman–Crippen MR) is 31.8 cm³/mol. The van der Waals surface area contributed by atoms with Crippen molar-refractivity contribution in [1.82, 2.24) is 0 Å². The van der Waals surface area contributed by atoms with Crippen molar-refractivity contribution in [3.63, 3.8) is 0 Å². The van der Waals surface area contributed by atoms with Gasteiger partial charge in [-0.1, -0.05) is 4.73 Å². The molecule has 0 fully saturated rings. The van der Waals surface area contributed by atoms with Crippen LogP contribution in [-0.2, 0) is 17.4 Å². The largest absolute Gasteiger partial charge is 0.517 e. The fraction of sp³-hybridized carbons (Fsp3) is 1.00. The minimum atomic E-state index is -4.75. The third-order valence-corrected chi connectivity index (χ3v) is 2.40. The van der Waals surface area contributed by atoms with E-state index in [4.69, 9.17) is 0 Å². The second-order valence-electron chi connectivity index (χ2n) is 1.47. The van der Waals surface area contributed by atoms with E-state index in [-0.39, 0.29) is 0 Å². The monoisotopic (exact) mass is 276 g/mol. The van der Waals surface area contributed by atoms with Gasteiger partial charge in [-0.05, 0) is 4.53 Å². The molecule has 0 aliphatic rings. The number of rotatable bonds is 4. The van der Waals surface area contributed by atoms with Crippen molar-refractivity contribution in [3.8, 4) is 0 Å². The van der Waals surface area contributed by atoms with E-state index in [0.29, 0.717) is 0 Å². The molecule has 12 heavy (non-hydrogen) atoms. The quantitative estimate of drug-likeness (QED) is 0.585. The molecule has 0 rings (SSSR count). The molecule has 4 nitrogen and oxygen atoms in total. The maximum Gasteiger partial charge on any atom is 0.517 e. The number of phosphoric acid groups is 1. The van der Waals surface area contributed by atoms with Crippen LogP contribution in [0.1, 0.15) is 0 Å². The second-order valence-corrected chi connectivity index (χ2v) is 3.77. The zero-order valence-corrected chi connectivity index (χ0v) is 7.66. The van der Waals surface area contributed by atoms with Crippen molar-refractivity contribution < 1.29 is 35.1 Å². The van der Waals surface area contributed by atoms with E-state index in [0.717, 1.165) is 0 Å². The highest BCUT2D eigenvalue weighted by Crippen LogP contribution is 2.52. The molecule has 0 heterocycles. The van der Waals surface area contributed by atoms with Gasteiger partial charge in [-0.15, -0.1) is 0 Å². The fourth-order valence-corrected chi connectivity index (χ4v) is 0.993. The summed E-state index contributed by atoms with van der Waals surface area (Å²) in [5.74, 6) is 0. The van der Waals surface area contributed by atoms with Crippen molar-refractivity contribution in [3.05, 3.63) is 0 Å². The third-order valence-electron chi connectivity index (χ3n) is 0.555. The molecule has 10 heteroatoms. The zero-order valence-electron chi connectivity index (χ0n) is 5.18. The van der Waals surface area contributed by atoms with Gasteiger partial charge < -0.3 is 0 Å². The zero-order chi connectivity index (χ0) is 9.83. The molecule has 0 saturated heterocycles. The number of alkyl halides is 3. The Morgan fingerprint density at radius 2 is 1.92 bits per heavy atom. The smallest absolute Gasteiger partial charge is 0.275 e. The number of hydrogen-bond acceptors (Lipinski definition) is 4. The molecule has 0 aliphatic carbocycles. The lowest BCUT2D eigenvalue weighted by molar-refractivity contribution is -0.162. The lowest BCUT2D eigenvalue weighted by Gasteiger charge is -2.10. The Morgan fingerprint density at radius 1 is 1.42 bits per heavy atom. The Bertz CT molecular complexity index is 174. The molecule has 0 radical (unpaired) electrons. The minimum Gasteiger partial charge on any atom is -0.275 e. The van der Waals surface area contributed by atoms with Crippen LogP contribution in [0.25, 0.3) is 0 Å². The van der Waals surface area contributed by atoms with Crippen LogP contribution in [-0.4, -0.2) is 12.8 Å². The highest BCUT2D eigenvalue weighted by Gasteiger charge is 2.36. The van der Waals surface area contributed by atoms with E-state index in [2.05, 4.69) is 12.9 Å². The van der Waals surface area contributed by atoms with E-state index < -0.39 is 20.6 Å². The van der Waals surface area contributed by atoms with E-state index in [9.17, 15) is 22.3 Å². The summed E-state index contributed by atoms with van der Waals surface area (Å²) in [7, 11) is -4.75. The molecule has 1 atom stereocenters. The Hall–Kier alpha value is 0.310. The molecular weight excluding hydrogens is 275 g/mol. The highest BCUT2D eigenvalue weighted by atomic mass is 79.9. The normalized spacial score (nSPS) is 17.4. The Morgan fingerprint density at radius 3 is 2.17 bits per heavy atom. The summed E-state index contributed by atoms with van der Waals surface area (Å²) in [5.41, 5.74) is 0. The van der Waals surface area contributed by atoms with Crippen LogP contribution < -0.4 is 0 Å². The first-order chi connectivity index (χ1) is 5.33. The third kappa shape index (κ3) is 5.04. The Kier molecular flexibility index (Phi) is 4.64. The number of halogens is 5. The van der Waals surface area contributed by atoms with Gasteiger partial charge in [-0.3, -0.25) is 4.52 Å². The molecule has 0 aliphatic heterocycles. The van der Waals surface area contributed by atoms with Gasteiger partial charge in [-0.2, -0.15) is 13.2 Å². The molecule has 0 aromatic rings. The van der Waals surface area contributed by atoms with Crippen LogP contribution >= 0.6 is 24.1 Å². The van der Waals surface area contributed by atoms with Crippen molar-refractivity contribution in [2.24, 2.45) is 0 Å². The van der Waals surface area contributed by atoms with Crippen molar-refractivity contribution in [2.75, 3.05) is 6.61 Å². The van der Waals surface area contributed by atoms with Gasteiger partial charge in [-0.25, -0.2) is 8.18 Å². The van der Waals surface area contributed by atoms with Crippen LogP contribution in [0.2, 0.25) is 0 Å². The summed E-state index contributed by atoms with van der Waals surface area (Å²) >= 11 is 1.98. The standard InChI is InChI=1S/C2H2BrF4O4P/c3-10-12(8,11-7)9-1-2(4,5)6/h1H2. The van der Waals surface area contributed by atoms with Crippen molar-refractivity contribution >= 4 is 24.1 Å². The van der Waals surface area contributed by atoms with Gasteiger partial charge in [0.1, 0.15) is 16.3 Å². The van der Waals surface area contributed by atoms with Gasteiger partial charge in [0.05, 0.1) is 0 Å². The van der Waals surface area contributed by atoms with Gasteiger partial charge >= 0.3 is 14.0 Å². The predicted octanol–water partition coefficient (Wildman–Crippen LogP) is 2.90. The molecule has 0 bridgehead atoms. The molecule has 0 N–H and O–H groups in total. The molecule has 0 aromatic heterocycles. The summed E-state index contributed by atoms with van der Waals surface area (Å²) in [4.78, 5) is 0. The summed E-state index contributed by atoms with van der Waals surface area (Å²) in [6, 6.07) is 0. The average molecular weight is 277 g/mol. The van der Waals surface area contributed by atoms with Crippen LogP contribution in [0.3, 0.4) is 0 Å². The van der Waals surface area contributed by atoms with Gasteiger partial charge in [0.2, 0.25) is 0 Å². The van der Waals surface area contributed by atoms with Crippen molar-refractivity contribution in [2.45, 2.75) is 6.18 Å². The average Bonchev–Trinajstić information content (AvgIpc) is 1.99. The van der Waals surface area contributed by atoms with Gasteiger partial charge in [0.15, 0.2) is 6.61 Å². The maximum atomic E-state index is 11.4. The highest BCUT2D eigenvalue weighted by molar-refractivity contribution is 9.06. The summed E-state index contributed by atoms with van der Waals surface area (Å²) < 4.78 is 65.2. The summed E-state index contributed by atoms with van der Waals surface area (Å²) in [6.45, 7) is -1.93.